The highest BCUT2D eigenvalue weighted by molar-refractivity contribution is 9.10. The molecule has 0 radical (unpaired) electrons. The van der Waals surface area contributed by atoms with Crippen LogP contribution in [0.3, 0.4) is 0 Å². The van der Waals surface area contributed by atoms with Gasteiger partial charge in [0.2, 0.25) is 0 Å². The standard InChI is InChI=1S/C13H15BrClN3/c1-2-18-8-9(7-17-18)5-13(16)10-3-4-12(15)11(14)6-10/h3-4,6-8,13H,2,5,16H2,1H3. The van der Waals surface area contributed by atoms with E-state index in [4.69, 9.17) is 17.3 Å². The molecule has 0 fully saturated rings. The van der Waals surface area contributed by atoms with E-state index in [1.54, 1.807) is 0 Å². The molecule has 0 spiro atoms. The Labute approximate surface area is 120 Å². The molecule has 96 valence electrons. The molecular formula is C13H15BrClN3. The number of nitrogens with zero attached hydrogens (tertiary/aromatic N) is 2. The molecule has 0 saturated heterocycles. The number of nitrogens with two attached hydrogens (primary N) is 1. The van der Waals surface area contributed by atoms with Gasteiger partial charge in [-0.05, 0) is 52.5 Å². The molecule has 3 nitrogen and oxygen atoms in total. The SMILES string of the molecule is CCn1cc(CC(N)c2ccc(Cl)c(Br)c2)cn1. The molecule has 1 aromatic carbocycles. The molecule has 1 atom stereocenters. The third-order valence-corrected chi connectivity index (χ3v) is 4.05. The van der Waals surface area contributed by atoms with Crippen LogP contribution in [0.5, 0.6) is 0 Å². The molecule has 0 amide bonds. The second kappa shape index (κ2) is 5.87. The Kier molecular flexibility index (Phi) is 4.43. The summed E-state index contributed by atoms with van der Waals surface area (Å²) in [5, 5.41) is 4.94. The molecule has 0 aliphatic carbocycles. The minimum atomic E-state index is -0.0481. The molecule has 2 rings (SSSR count). The van der Waals surface area contributed by atoms with E-state index in [0.717, 1.165) is 28.6 Å². The maximum absolute atomic E-state index is 6.20. The van der Waals surface area contributed by atoms with Crippen molar-refractivity contribution in [3.05, 3.63) is 51.2 Å². The van der Waals surface area contributed by atoms with Crippen LogP contribution in [-0.2, 0) is 13.0 Å². The average Bonchev–Trinajstić information content (AvgIpc) is 2.80. The molecule has 0 aliphatic rings. The molecule has 1 unspecified atom stereocenters. The van der Waals surface area contributed by atoms with Gasteiger partial charge in [-0.15, -0.1) is 0 Å². The highest BCUT2D eigenvalue weighted by atomic mass is 79.9. The predicted octanol–water partition coefficient (Wildman–Crippen LogP) is 3.56. The summed E-state index contributed by atoms with van der Waals surface area (Å²) in [4.78, 5) is 0. The van der Waals surface area contributed by atoms with Crippen LogP contribution in [0.15, 0.2) is 35.1 Å². The molecule has 2 N–H and O–H groups in total. The quantitative estimate of drug-likeness (QED) is 0.932. The highest BCUT2D eigenvalue weighted by Crippen LogP contribution is 2.26. The third kappa shape index (κ3) is 3.13. The fraction of sp³-hybridized carbons (Fsp3) is 0.308. The molecule has 5 heteroatoms. The highest BCUT2D eigenvalue weighted by Gasteiger charge is 2.10. The van der Waals surface area contributed by atoms with E-state index < -0.39 is 0 Å². The van der Waals surface area contributed by atoms with Crippen molar-refractivity contribution in [2.24, 2.45) is 5.73 Å². The lowest BCUT2D eigenvalue weighted by Gasteiger charge is -2.11. The summed E-state index contributed by atoms with van der Waals surface area (Å²) in [6, 6.07) is 5.74. The van der Waals surface area contributed by atoms with Crippen molar-refractivity contribution in [3.8, 4) is 0 Å². The van der Waals surface area contributed by atoms with Crippen LogP contribution >= 0.6 is 27.5 Å². The predicted molar refractivity (Wildman–Crippen MR) is 77.7 cm³/mol. The lowest BCUT2D eigenvalue weighted by atomic mass is 10.0. The van der Waals surface area contributed by atoms with Gasteiger partial charge in [-0.2, -0.15) is 5.10 Å². The summed E-state index contributed by atoms with van der Waals surface area (Å²) in [5.41, 5.74) is 8.41. The van der Waals surface area contributed by atoms with Crippen LogP contribution in [0.1, 0.15) is 24.1 Å². The normalized spacial score (nSPS) is 12.7. The first kappa shape index (κ1) is 13.6. The number of rotatable bonds is 4. The van der Waals surface area contributed by atoms with Crippen LogP contribution in [0, 0.1) is 0 Å². The minimum absolute atomic E-state index is 0.0481. The first-order chi connectivity index (χ1) is 8.60. The smallest absolute Gasteiger partial charge is 0.0548 e. The molecular weight excluding hydrogens is 314 g/mol. The van der Waals surface area contributed by atoms with Crippen molar-refractivity contribution in [2.45, 2.75) is 25.9 Å². The molecule has 0 saturated carbocycles. The Morgan fingerprint density at radius 3 is 2.89 bits per heavy atom. The molecule has 0 bridgehead atoms. The van der Waals surface area contributed by atoms with Gasteiger partial charge in [0, 0.05) is 23.3 Å². The Bertz CT molecular complexity index is 539. The number of hydrogen-bond acceptors (Lipinski definition) is 2. The summed E-state index contributed by atoms with van der Waals surface area (Å²) in [6.07, 6.45) is 4.67. The van der Waals surface area contributed by atoms with Crippen LogP contribution in [-0.4, -0.2) is 9.78 Å². The first-order valence-electron chi connectivity index (χ1n) is 5.82. The Morgan fingerprint density at radius 1 is 1.50 bits per heavy atom. The van der Waals surface area contributed by atoms with Crippen LogP contribution in [0.25, 0.3) is 0 Å². The number of aryl methyl sites for hydroxylation is 1. The zero-order valence-corrected chi connectivity index (χ0v) is 12.4. The van der Waals surface area contributed by atoms with E-state index in [-0.39, 0.29) is 6.04 Å². The number of benzene rings is 1. The Morgan fingerprint density at radius 2 is 2.28 bits per heavy atom. The van der Waals surface area contributed by atoms with Gasteiger partial charge in [0.15, 0.2) is 0 Å². The van der Waals surface area contributed by atoms with Crippen LogP contribution in [0.2, 0.25) is 5.02 Å². The maximum Gasteiger partial charge on any atom is 0.0548 e. The van der Waals surface area contributed by atoms with Gasteiger partial charge in [-0.1, -0.05) is 17.7 Å². The average molecular weight is 329 g/mol. The van der Waals surface area contributed by atoms with Gasteiger partial charge in [0.25, 0.3) is 0 Å². The summed E-state index contributed by atoms with van der Waals surface area (Å²) in [5.74, 6) is 0. The van der Waals surface area contributed by atoms with Crippen molar-refractivity contribution in [1.82, 2.24) is 9.78 Å². The molecule has 1 heterocycles. The van der Waals surface area contributed by atoms with E-state index in [1.165, 1.54) is 0 Å². The fourth-order valence-electron chi connectivity index (χ4n) is 1.80. The van der Waals surface area contributed by atoms with E-state index in [2.05, 4.69) is 28.0 Å². The monoisotopic (exact) mass is 327 g/mol. The van der Waals surface area contributed by atoms with E-state index in [9.17, 15) is 0 Å². The molecule has 18 heavy (non-hydrogen) atoms. The second-order valence-corrected chi connectivity index (χ2v) is 5.45. The van der Waals surface area contributed by atoms with E-state index in [1.807, 2.05) is 35.3 Å². The summed E-state index contributed by atoms with van der Waals surface area (Å²) in [6.45, 7) is 2.94. The lowest BCUT2D eigenvalue weighted by molar-refractivity contribution is 0.657. The van der Waals surface area contributed by atoms with Gasteiger partial charge in [-0.25, -0.2) is 0 Å². The number of halogens is 2. The zero-order valence-electron chi connectivity index (χ0n) is 10.1. The minimum Gasteiger partial charge on any atom is -0.324 e. The third-order valence-electron chi connectivity index (χ3n) is 2.84. The second-order valence-electron chi connectivity index (χ2n) is 4.19. The summed E-state index contributed by atoms with van der Waals surface area (Å²) < 4.78 is 2.78. The molecule has 1 aromatic heterocycles. The van der Waals surface area contributed by atoms with Crippen molar-refractivity contribution in [3.63, 3.8) is 0 Å². The summed E-state index contributed by atoms with van der Waals surface area (Å²) in [7, 11) is 0. The fourth-order valence-corrected chi connectivity index (χ4v) is 2.31. The largest absolute Gasteiger partial charge is 0.324 e. The Hall–Kier alpha value is -0.840. The van der Waals surface area contributed by atoms with Gasteiger partial charge >= 0.3 is 0 Å². The van der Waals surface area contributed by atoms with Crippen molar-refractivity contribution >= 4 is 27.5 Å². The van der Waals surface area contributed by atoms with Gasteiger partial charge in [-0.3, -0.25) is 4.68 Å². The lowest BCUT2D eigenvalue weighted by Crippen LogP contribution is -2.13. The van der Waals surface area contributed by atoms with Crippen molar-refractivity contribution in [1.29, 1.82) is 0 Å². The maximum atomic E-state index is 6.20. The van der Waals surface area contributed by atoms with E-state index in [0.29, 0.717) is 5.02 Å². The van der Waals surface area contributed by atoms with Gasteiger partial charge < -0.3 is 5.73 Å². The molecule has 2 aromatic rings. The molecule has 0 aliphatic heterocycles. The zero-order chi connectivity index (χ0) is 13.1. The van der Waals surface area contributed by atoms with Crippen molar-refractivity contribution < 1.29 is 0 Å². The van der Waals surface area contributed by atoms with Crippen molar-refractivity contribution in [2.75, 3.05) is 0 Å². The van der Waals surface area contributed by atoms with E-state index >= 15 is 0 Å². The number of hydrogen-bond donors (Lipinski definition) is 1. The number of aromatic nitrogens is 2. The van der Waals surface area contributed by atoms with Crippen LogP contribution < -0.4 is 5.73 Å². The topological polar surface area (TPSA) is 43.8 Å². The van der Waals surface area contributed by atoms with Gasteiger partial charge in [0.05, 0.1) is 11.2 Å². The first-order valence-corrected chi connectivity index (χ1v) is 6.99. The van der Waals surface area contributed by atoms with Gasteiger partial charge in [0.1, 0.15) is 0 Å². The Balaban J connectivity index is 2.11. The van der Waals surface area contributed by atoms with Crippen LogP contribution in [0.4, 0.5) is 0 Å². The summed E-state index contributed by atoms with van der Waals surface area (Å²) >= 11 is 9.38.